The molecule has 0 heterocycles. The van der Waals surface area contributed by atoms with Gasteiger partial charge in [-0.2, -0.15) is 0 Å². The molecule has 160 valence electrons. The van der Waals surface area contributed by atoms with Crippen LogP contribution in [-0.2, 0) is 0 Å². The van der Waals surface area contributed by atoms with Crippen LogP contribution in [0, 0.1) is 75.9 Å². The summed E-state index contributed by atoms with van der Waals surface area (Å²) in [4.78, 5) is 0. The molecule has 0 aromatic heterocycles. The fourth-order valence-electron chi connectivity index (χ4n) is 8.41. The highest BCUT2D eigenvalue weighted by molar-refractivity contribution is 5.35. The summed E-state index contributed by atoms with van der Waals surface area (Å²) in [6, 6.07) is 0. The van der Waals surface area contributed by atoms with Crippen molar-refractivity contribution in [2.75, 3.05) is 0 Å². The Morgan fingerprint density at radius 2 is 1.83 bits per heavy atom. The third-order valence-electron chi connectivity index (χ3n) is 9.90. The molecule has 4 rings (SSSR count). The summed E-state index contributed by atoms with van der Waals surface area (Å²) in [7, 11) is 0. The Labute approximate surface area is 186 Å². The zero-order valence-corrected chi connectivity index (χ0v) is 19.7. The van der Waals surface area contributed by atoms with Gasteiger partial charge in [0.25, 0.3) is 0 Å². The summed E-state index contributed by atoms with van der Waals surface area (Å²) in [5, 5.41) is 0. The van der Waals surface area contributed by atoms with Gasteiger partial charge in [-0.15, -0.1) is 0 Å². The second kappa shape index (κ2) is 8.88. The molecule has 0 amide bonds. The van der Waals surface area contributed by atoms with Gasteiger partial charge in [-0.05, 0) is 129 Å². The average Bonchev–Trinajstić information content (AvgIpc) is 3.10. The van der Waals surface area contributed by atoms with Crippen LogP contribution in [0.15, 0.2) is 11.6 Å². The largest absolute Gasteiger partial charge is 0.0925 e. The molecule has 0 nitrogen and oxygen atoms in total. The third-order valence-corrected chi connectivity index (χ3v) is 9.90. The van der Waals surface area contributed by atoms with E-state index in [1.165, 1.54) is 64.2 Å². The van der Waals surface area contributed by atoms with E-state index in [4.69, 9.17) is 0 Å². The minimum Gasteiger partial charge on any atom is -0.0925 e. The second-order valence-corrected chi connectivity index (χ2v) is 11.1. The van der Waals surface area contributed by atoms with Gasteiger partial charge in [-0.1, -0.05) is 50.7 Å². The molecule has 3 fully saturated rings. The first-order valence-corrected chi connectivity index (χ1v) is 12.6. The lowest BCUT2D eigenvalue weighted by Crippen LogP contribution is -2.50. The van der Waals surface area contributed by atoms with Crippen molar-refractivity contribution in [2.45, 2.75) is 98.3 Å². The second-order valence-electron chi connectivity index (χ2n) is 11.1. The zero-order chi connectivity index (χ0) is 21.2. The Kier molecular flexibility index (Phi) is 6.41. The first-order valence-electron chi connectivity index (χ1n) is 12.6. The first kappa shape index (κ1) is 21.6. The molecule has 0 aliphatic heterocycles. The molecule has 0 bridgehead atoms. The van der Waals surface area contributed by atoms with E-state index in [0.29, 0.717) is 10.8 Å². The van der Waals surface area contributed by atoms with E-state index in [1.54, 1.807) is 0 Å². The zero-order valence-electron chi connectivity index (χ0n) is 19.7. The SMILES string of the molecule is CC#CC#CC#CCC[C@@H](C)[C@H]1CC[C@H]2[C@@H]3CC=C4CCCC[C@]4(C)[C@H]3CC[C@]12C. The van der Waals surface area contributed by atoms with Gasteiger partial charge >= 0.3 is 0 Å². The van der Waals surface area contributed by atoms with E-state index in [9.17, 15) is 0 Å². The van der Waals surface area contributed by atoms with Crippen LogP contribution in [0.1, 0.15) is 98.3 Å². The van der Waals surface area contributed by atoms with Gasteiger partial charge in [0.05, 0.1) is 0 Å². The third kappa shape index (κ3) is 3.76. The fourth-order valence-corrected chi connectivity index (χ4v) is 8.41. The Bertz CT molecular complexity index is 855. The van der Waals surface area contributed by atoms with Gasteiger partial charge in [0.1, 0.15) is 0 Å². The number of hydrogen-bond donors (Lipinski definition) is 0. The highest BCUT2D eigenvalue weighted by atomic mass is 14.6. The smallest absolute Gasteiger partial charge is 0.0102 e. The van der Waals surface area contributed by atoms with Gasteiger partial charge in [-0.25, -0.2) is 0 Å². The Morgan fingerprint density at radius 1 is 1.00 bits per heavy atom. The molecule has 0 aromatic rings. The lowest BCUT2D eigenvalue weighted by Gasteiger charge is -2.58. The van der Waals surface area contributed by atoms with E-state index in [1.807, 2.05) is 12.5 Å². The van der Waals surface area contributed by atoms with E-state index in [-0.39, 0.29) is 0 Å². The Balaban J connectivity index is 1.43. The summed E-state index contributed by atoms with van der Waals surface area (Å²) < 4.78 is 0. The molecule has 0 spiro atoms. The van der Waals surface area contributed by atoms with Gasteiger partial charge < -0.3 is 0 Å². The maximum atomic E-state index is 3.27. The van der Waals surface area contributed by atoms with Crippen LogP contribution in [-0.4, -0.2) is 0 Å². The van der Waals surface area contributed by atoms with Crippen LogP contribution in [0.5, 0.6) is 0 Å². The summed E-state index contributed by atoms with van der Waals surface area (Å²) in [6.45, 7) is 9.62. The van der Waals surface area contributed by atoms with Gasteiger partial charge in [-0.3, -0.25) is 0 Å². The molecule has 0 N–H and O–H groups in total. The minimum absolute atomic E-state index is 0.533. The maximum absolute atomic E-state index is 3.27. The monoisotopic (exact) mass is 400 g/mol. The molecule has 7 atom stereocenters. The van der Waals surface area contributed by atoms with Crippen molar-refractivity contribution in [1.29, 1.82) is 0 Å². The highest BCUT2D eigenvalue weighted by Gasteiger charge is 2.58. The Morgan fingerprint density at radius 3 is 2.67 bits per heavy atom. The minimum atomic E-state index is 0.533. The molecular formula is C30H40. The quantitative estimate of drug-likeness (QED) is 0.342. The average molecular weight is 401 g/mol. The fraction of sp³-hybridized carbons (Fsp3) is 0.733. The van der Waals surface area contributed by atoms with Crippen LogP contribution in [0.25, 0.3) is 0 Å². The molecule has 0 saturated heterocycles. The highest BCUT2D eigenvalue weighted by Crippen LogP contribution is 2.67. The summed E-state index contributed by atoms with van der Waals surface area (Å²) in [5.74, 6) is 21.9. The Hall–Kier alpha value is -1.58. The van der Waals surface area contributed by atoms with E-state index >= 15 is 0 Å². The molecule has 0 radical (unpaired) electrons. The number of fused-ring (bicyclic) bond motifs is 5. The predicted molar refractivity (Wildman–Crippen MR) is 127 cm³/mol. The number of rotatable bonds is 3. The summed E-state index contributed by atoms with van der Waals surface area (Å²) in [6.07, 6.45) is 17.9. The number of allylic oxidation sites excluding steroid dienone is 2. The van der Waals surface area contributed by atoms with Crippen LogP contribution < -0.4 is 0 Å². The topological polar surface area (TPSA) is 0 Å². The van der Waals surface area contributed by atoms with Crippen LogP contribution in [0.2, 0.25) is 0 Å². The lowest BCUT2D eigenvalue weighted by atomic mass is 9.47. The van der Waals surface area contributed by atoms with E-state index in [0.717, 1.165) is 36.0 Å². The maximum Gasteiger partial charge on any atom is 0.0102 e. The standard InChI is InChI=1S/C30H40/c1-5-6-7-8-9-10-11-14-23(2)26-18-19-27-25-17-16-24-15-12-13-21-29(24,3)28(25)20-22-30(26,27)4/h16,23,25-28H,11-15,17-22H2,1-4H3/t23-,25+,26-,27+,28+,29+,30-/m1/s1. The van der Waals surface area contributed by atoms with Crippen molar-refractivity contribution in [2.24, 2.45) is 40.4 Å². The normalized spacial score (nSPS) is 39.9. The molecule has 0 aromatic carbocycles. The van der Waals surface area contributed by atoms with Crippen molar-refractivity contribution in [3.05, 3.63) is 11.6 Å². The van der Waals surface area contributed by atoms with Crippen molar-refractivity contribution < 1.29 is 0 Å². The number of hydrogen-bond acceptors (Lipinski definition) is 0. The summed E-state index contributed by atoms with van der Waals surface area (Å²) >= 11 is 0. The summed E-state index contributed by atoms with van der Waals surface area (Å²) in [5.41, 5.74) is 2.93. The van der Waals surface area contributed by atoms with Gasteiger partial charge in [0, 0.05) is 6.42 Å². The molecule has 4 aliphatic rings. The van der Waals surface area contributed by atoms with Gasteiger partial charge in [0.15, 0.2) is 0 Å². The molecule has 4 aliphatic carbocycles. The lowest BCUT2D eigenvalue weighted by molar-refractivity contribution is -0.0497. The molecule has 30 heavy (non-hydrogen) atoms. The predicted octanol–water partition coefficient (Wildman–Crippen LogP) is 7.40. The van der Waals surface area contributed by atoms with Gasteiger partial charge in [0.2, 0.25) is 0 Å². The van der Waals surface area contributed by atoms with E-state index < -0.39 is 0 Å². The van der Waals surface area contributed by atoms with Crippen molar-refractivity contribution in [3.63, 3.8) is 0 Å². The van der Waals surface area contributed by atoms with Crippen molar-refractivity contribution >= 4 is 0 Å². The van der Waals surface area contributed by atoms with E-state index in [2.05, 4.69) is 62.4 Å². The molecular weight excluding hydrogens is 360 g/mol. The van der Waals surface area contributed by atoms with Crippen LogP contribution in [0.4, 0.5) is 0 Å². The first-order chi connectivity index (χ1) is 14.5. The molecule has 3 saturated carbocycles. The van der Waals surface area contributed by atoms with Crippen LogP contribution >= 0.6 is 0 Å². The molecule has 0 heteroatoms. The van der Waals surface area contributed by atoms with Crippen LogP contribution in [0.3, 0.4) is 0 Å². The van der Waals surface area contributed by atoms with Crippen molar-refractivity contribution in [1.82, 2.24) is 0 Å². The molecule has 0 unspecified atom stereocenters. The van der Waals surface area contributed by atoms with Crippen molar-refractivity contribution in [3.8, 4) is 35.5 Å².